The Morgan fingerprint density at radius 2 is 2.41 bits per heavy atom. The van der Waals surface area contributed by atoms with Crippen molar-refractivity contribution >= 4 is 11.6 Å². The SMILES string of the molecule is Cc1cc2ncc(CNC(C)C(=O)O)cn2n1. The van der Waals surface area contributed by atoms with E-state index in [-0.39, 0.29) is 0 Å². The van der Waals surface area contributed by atoms with Crippen LogP contribution in [0.4, 0.5) is 0 Å². The summed E-state index contributed by atoms with van der Waals surface area (Å²) in [6, 6.07) is 1.31. The molecule has 90 valence electrons. The van der Waals surface area contributed by atoms with Crippen LogP contribution in [-0.4, -0.2) is 31.7 Å². The number of hydrogen-bond acceptors (Lipinski definition) is 4. The van der Waals surface area contributed by atoms with Crippen molar-refractivity contribution in [1.29, 1.82) is 0 Å². The van der Waals surface area contributed by atoms with Crippen LogP contribution in [-0.2, 0) is 11.3 Å². The maximum absolute atomic E-state index is 10.6. The number of aliphatic carboxylic acids is 1. The van der Waals surface area contributed by atoms with Crippen LogP contribution in [0.2, 0.25) is 0 Å². The minimum Gasteiger partial charge on any atom is -0.480 e. The average Bonchev–Trinajstić information content (AvgIpc) is 2.64. The van der Waals surface area contributed by atoms with Gasteiger partial charge >= 0.3 is 5.97 Å². The fraction of sp³-hybridized carbons (Fsp3) is 0.364. The lowest BCUT2D eigenvalue weighted by Crippen LogP contribution is -2.33. The van der Waals surface area contributed by atoms with E-state index in [2.05, 4.69) is 15.4 Å². The van der Waals surface area contributed by atoms with Crippen LogP contribution in [0.5, 0.6) is 0 Å². The Morgan fingerprint density at radius 1 is 1.65 bits per heavy atom. The summed E-state index contributed by atoms with van der Waals surface area (Å²) in [6.07, 6.45) is 3.56. The quantitative estimate of drug-likeness (QED) is 0.809. The highest BCUT2D eigenvalue weighted by Gasteiger charge is 2.09. The molecule has 0 aromatic carbocycles. The molecule has 2 aromatic heterocycles. The molecule has 0 saturated carbocycles. The van der Waals surface area contributed by atoms with E-state index in [1.165, 1.54) is 0 Å². The van der Waals surface area contributed by atoms with Crippen molar-refractivity contribution in [1.82, 2.24) is 19.9 Å². The molecule has 1 unspecified atom stereocenters. The van der Waals surface area contributed by atoms with E-state index in [0.717, 1.165) is 16.9 Å². The van der Waals surface area contributed by atoms with E-state index in [0.29, 0.717) is 6.54 Å². The molecule has 0 spiro atoms. The second-order valence-electron chi connectivity index (χ2n) is 3.99. The molecule has 6 nitrogen and oxygen atoms in total. The smallest absolute Gasteiger partial charge is 0.320 e. The summed E-state index contributed by atoms with van der Waals surface area (Å²) in [6.45, 7) is 3.96. The van der Waals surface area contributed by atoms with Crippen molar-refractivity contribution < 1.29 is 9.90 Å². The van der Waals surface area contributed by atoms with E-state index in [9.17, 15) is 4.79 Å². The van der Waals surface area contributed by atoms with E-state index < -0.39 is 12.0 Å². The van der Waals surface area contributed by atoms with Gasteiger partial charge in [-0.05, 0) is 13.8 Å². The molecule has 2 rings (SSSR count). The molecule has 0 aliphatic carbocycles. The lowest BCUT2D eigenvalue weighted by atomic mass is 10.3. The molecule has 0 bridgehead atoms. The summed E-state index contributed by atoms with van der Waals surface area (Å²) in [4.78, 5) is 14.9. The third kappa shape index (κ3) is 2.59. The first kappa shape index (κ1) is 11.5. The molecule has 2 N–H and O–H groups in total. The van der Waals surface area contributed by atoms with Crippen LogP contribution < -0.4 is 5.32 Å². The van der Waals surface area contributed by atoms with Gasteiger partial charge in [0.2, 0.25) is 0 Å². The Morgan fingerprint density at radius 3 is 3.12 bits per heavy atom. The number of nitrogens with one attached hydrogen (secondary N) is 1. The van der Waals surface area contributed by atoms with Gasteiger partial charge in [-0.15, -0.1) is 0 Å². The van der Waals surface area contributed by atoms with Crippen LogP contribution in [0.25, 0.3) is 5.65 Å². The summed E-state index contributed by atoms with van der Waals surface area (Å²) < 4.78 is 1.69. The zero-order chi connectivity index (χ0) is 12.4. The maximum atomic E-state index is 10.6. The molecule has 2 heterocycles. The van der Waals surface area contributed by atoms with Crippen molar-refractivity contribution in [2.75, 3.05) is 0 Å². The summed E-state index contributed by atoms with van der Waals surface area (Å²) in [5.41, 5.74) is 2.59. The van der Waals surface area contributed by atoms with Gasteiger partial charge in [0.25, 0.3) is 0 Å². The Kier molecular flexibility index (Phi) is 3.06. The van der Waals surface area contributed by atoms with Gasteiger partial charge in [-0.1, -0.05) is 0 Å². The molecular formula is C11H14N4O2. The van der Waals surface area contributed by atoms with Crippen molar-refractivity contribution in [3.05, 3.63) is 29.7 Å². The normalized spacial score (nSPS) is 12.8. The van der Waals surface area contributed by atoms with Crippen molar-refractivity contribution in [2.45, 2.75) is 26.4 Å². The first-order valence-electron chi connectivity index (χ1n) is 5.33. The fourth-order valence-electron chi connectivity index (χ4n) is 1.48. The van der Waals surface area contributed by atoms with Crippen LogP contribution in [0, 0.1) is 6.92 Å². The van der Waals surface area contributed by atoms with Gasteiger partial charge < -0.3 is 10.4 Å². The van der Waals surface area contributed by atoms with Crippen LogP contribution >= 0.6 is 0 Å². The molecular weight excluding hydrogens is 220 g/mol. The lowest BCUT2D eigenvalue weighted by molar-refractivity contribution is -0.139. The second-order valence-corrected chi connectivity index (χ2v) is 3.99. The number of carboxylic acids is 1. The molecule has 17 heavy (non-hydrogen) atoms. The van der Waals surface area contributed by atoms with Gasteiger partial charge in [-0.2, -0.15) is 5.10 Å². The number of nitrogens with zero attached hydrogens (tertiary/aromatic N) is 3. The second kappa shape index (κ2) is 4.50. The summed E-state index contributed by atoms with van der Waals surface area (Å²) in [7, 11) is 0. The van der Waals surface area contributed by atoms with Gasteiger partial charge in [0.1, 0.15) is 6.04 Å². The van der Waals surface area contributed by atoms with Gasteiger partial charge in [0.15, 0.2) is 5.65 Å². The largest absolute Gasteiger partial charge is 0.480 e. The first-order chi connectivity index (χ1) is 8.06. The third-order valence-electron chi connectivity index (χ3n) is 2.47. The van der Waals surface area contributed by atoms with E-state index >= 15 is 0 Å². The molecule has 0 radical (unpaired) electrons. The highest BCUT2D eigenvalue weighted by Crippen LogP contribution is 2.04. The van der Waals surface area contributed by atoms with Crippen LogP contribution in [0.15, 0.2) is 18.5 Å². The van der Waals surface area contributed by atoms with Crippen molar-refractivity contribution in [3.63, 3.8) is 0 Å². The van der Waals surface area contributed by atoms with Gasteiger partial charge in [-0.25, -0.2) is 9.50 Å². The van der Waals surface area contributed by atoms with Gasteiger partial charge in [0.05, 0.1) is 5.69 Å². The Bertz CT molecular complexity index is 549. The van der Waals surface area contributed by atoms with Crippen LogP contribution in [0.1, 0.15) is 18.2 Å². The van der Waals surface area contributed by atoms with E-state index in [1.807, 2.05) is 19.2 Å². The highest BCUT2D eigenvalue weighted by atomic mass is 16.4. The van der Waals surface area contributed by atoms with Gasteiger partial charge in [0, 0.05) is 30.6 Å². The Labute approximate surface area is 98.3 Å². The predicted molar refractivity (Wildman–Crippen MR) is 61.7 cm³/mol. The molecule has 1 atom stereocenters. The number of aryl methyl sites for hydroxylation is 1. The summed E-state index contributed by atoms with van der Waals surface area (Å²) >= 11 is 0. The summed E-state index contributed by atoms with van der Waals surface area (Å²) in [5.74, 6) is -0.867. The Balaban J connectivity index is 2.11. The fourth-order valence-corrected chi connectivity index (χ4v) is 1.48. The molecule has 0 amide bonds. The molecule has 0 aliphatic rings. The number of carboxylic acid groups (broad SMARTS) is 1. The number of fused-ring (bicyclic) bond motifs is 1. The number of rotatable bonds is 4. The molecule has 0 fully saturated rings. The molecule has 6 heteroatoms. The first-order valence-corrected chi connectivity index (χ1v) is 5.33. The van der Waals surface area contributed by atoms with Crippen molar-refractivity contribution in [3.8, 4) is 0 Å². The topological polar surface area (TPSA) is 79.5 Å². The highest BCUT2D eigenvalue weighted by molar-refractivity contribution is 5.72. The minimum atomic E-state index is -0.867. The summed E-state index contributed by atoms with van der Waals surface area (Å²) in [5, 5.41) is 15.9. The number of aromatic nitrogens is 3. The minimum absolute atomic E-state index is 0.454. The molecule has 0 saturated heterocycles. The van der Waals surface area contributed by atoms with E-state index in [1.54, 1.807) is 17.6 Å². The lowest BCUT2D eigenvalue weighted by Gasteiger charge is -2.08. The number of carbonyl (C=O) groups is 1. The Hall–Kier alpha value is -1.95. The zero-order valence-corrected chi connectivity index (χ0v) is 9.71. The third-order valence-corrected chi connectivity index (χ3v) is 2.47. The van der Waals surface area contributed by atoms with E-state index in [4.69, 9.17) is 5.11 Å². The zero-order valence-electron chi connectivity index (χ0n) is 9.71. The maximum Gasteiger partial charge on any atom is 0.320 e. The predicted octanol–water partition coefficient (Wildman–Crippen LogP) is 0.600. The standard InChI is InChI=1S/C11H14N4O2/c1-7-3-10-13-5-9(6-15(10)14-7)4-12-8(2)11(16)17/h3,5-6,8,12H,4H2,1-2H3,(H,16,17). The number of hydrogen-bond donors (Lipinski definition) is 2. The average molecular weight is 234 g/mol. The van der Waals surface area contributed by atoms with Gasteiger partial charge in [-0.3, -0.25) is 4.79 Å². The molecule has 0 aliphatic heterocycles. The van der Waals surface area contributed by atoms with Crippen LogP contribution in [0.3, 0.4) is 0 Å². The molecule has 2 aromatic rings. The van der Waals surface area contributed by atoms with Crippen molar-refractivity contribution in [2.24, 2.45) is 0 Å². The monoisotopic (exact) mass is 234 g/mol.